The number of hydrogen-bond donors (Lipinski definition) is 1. The number of nitrogens with one attached hydrogen (secondary N) is 1. The number of rotatable bonds is 5. The number of anilines is 1. The molecule has 2 aromatic carbocycles. The van der Waals surface area contributed by atoms with Gasteiger partial charge in [-0.1, -0.05) is 24.3 Å². The zero-order valence-corrected chi connectivity index (χ0v) is 16.3. The second kappa shape index (κ2) is 7.90. The van der Waals surface area contributed by atoms with E-state index >= 15 is 0 Å². The maximum absolute atomic E-state index is 13.0. The van der Waals surface area contributed by atoms with Crippen LogP contribution in [0.2, 0.25) is 0 Å². The summed E-state index contributed by atoms with van der Waals surface area (Å²) in [5.74, 6) is -1.15. The van der Waals surface area contributed by atoms with E-state index in [4.69, 9.17) is 4.74 Å². The van der Waals surface area contributed by atoms with Gasteiger partial charge in [-0.25, -0.2) is 4.79 Å². The highest BCUT2D eigenvalue weighted by atomic mass is 16.6. The van der Waals surface area contributed by atoms with Crippen molar-refractivity contribution < 1.29 is 19.2 Å². The van der Waals surface area contributed by atoms with E-state index in [9.17, 15) is 19.7 Å². The number of non-ortho nitro benzene ring substituents is 1. The van der Waals surface area contributed by atoms with Crippen LogP contribution < -0.4 is 5.32 Å². The summed E-state index contributed by atoms with van der Waals surface area (Å²) in [6.45, 7) is 1.47. The Bertz CT molecular complexity index is 1170. The molecule has 0 saturated heterocycles. The maximum Gasteiger partial charge on any atom is 0.339 e. The lowest BCUT2D eigenvalue weighted by Crippen LogP contribution is -2.30. The van der Waals surface area contributed by atoms with E-state index in [0.717, 1.165) is 36.0 Å². The van der Waals surface area contributed by atoms with Gasteiger partial charge in [-0.2, -0.15) is 0 Å². The molecule has 0 spiro atoms. The molecule has 0 fully saturated rings. The summed E-state index contributed by atoms with van der Waals surface area (Å²) < 4.78 is 5.47. The third kappa shape index (κ3) is 3.71. The molecule has 1 atom stereocenters. The Morgan fingerprint density at radius 3 is 2.77 bits per heavy atom. The number of aromatic nitrogens is 1. The third-order valence-electron chi connectivity index (χ3n) is 5.10. The smallest absolute Gasteiger partial charge is 0.339 e. The number of nitro benzene ring substituents is 1. The van der Waals surface area contributed by atoms with Crippen LogP contribution in [0.15, 0.2) is 48.5 Å². The van der Waals surface area contributed by atoms with Crippen molar-refractivity contribution in [1.82, 2.24) is 4.98 Å². The number of esters is 1. The van der Waals surface area contributed by atoms with Crippen LogP contribution in [0.4, 0.5) is 11.4 Å². The molecule has 8 heteroatoms. The highest BCUT2D eigenvalue weighted by Gasteiger charge is 2.27. The predicted octanol–water partition coefficient (Wildman–Crippen LogP) is 3.82. The molecule has 0 bridgehead atoms. The minimum Gasteiger partial charge on any atom is -0.449 e. The van der Waals surface area contributed by atoms with Gasteiger partial charge in [0.15, 0.2) is 6.10 Å². The zero-order valence-electron chi connectivity index (χ0n) is 16.3. The molecule has 1 aliphatic carbocycles. The van der Waals surface area contributed by atoms with Crippen LogP contribution in [-0.4, -0.2) is 27.9 Å². The number of nitrogens with zero attached hydrogens (tertiary/aromatic N) is 2. The van der Waals surface area contributed by atoms with Crippen molar-refractivity contribution in [2.75, 3.05) is 5.32 Å². The molecule has 0 radical (unpaired) electrons. The molecule has 0 aliphatic heterocycles. The van der Waals surface area contributed by atoms with Gasteiger partial charge in [0.2, 0.25) is 0 Å². The summed E-state index contributed by atoms with van der Waals surface area (Å²) in [4.78, 5) is 40.5. The van der Waals surface area contributed by atoms with Gasteiger partial charge in [-0.15, -0.1) is 0 Å². The zero-order chi connectivity index (χ0) is 21.3. The van der Waals surface area contributed by atoms with E-state index in [0.29, 0.717) is 10.9 Å². The molecule has 1 N–H and O–H groups in total. The number of carbonyl (C=O) groups excluding carboxylic acids is 2. The standard InChI is InChI=1S/C22H19N3O5/c1-13(21(26)23-14-6-4-7-15(12-14)25(28)29)30-22(27)20-16-8-2-3-10-18(16)24-19-11-5-9-17(19)20/h2-4,6-8,10,12-13H,5,9,11H2,1H3,(H,23,26)/t13-/m0/s1. The van der Waals surface area contributed by atoms with E-state index in [1.54, 1.807) is 0 Å². The molecular weight excluding hydrogens is 386 g/mol. The Morgan fingerprint density at radius 1 is 1.17 bits per heavy atom. The van der Waals surface area contributed by atoms with Gasteiger partial charge < -0.3 is 10.1 Å². The summed E-state index contributed by atoms with van der Waals surface area (Å²) in [6.07, 6.45) is 1.39. The first-order valence-corrected chi connectivity index (χ1v) is 9.61. The summed E-state index contributed by atoms with van der Waals surface area (Å²) in [5, 5.41) is 14.1. The summed E-state index contributed by atoms with van der Waals surface area (Å²) in [5.41, 5.74) is 3.07. The van der Waals surface area contributed by atoms with Crippen molar-refractivity contribution in [1.29, 1.82) is 0 Å². The van der Waals surface area contributed by atoms with Crippen LogP contribution in [0.1, 0.15) is 35.0 Å². The van der Waals surface area contributed by atoms with Gasteiger partial charge in [0.1, 0.15) is 0 Å². The molecule has 1 aromatic heterocycles. The lowest BCUT2D eigenvalue weighted by molar-refractivity contribution is -0.384. The van der Waals surface area contributed by atoms with Crippen molar-refractivity contribution in [2.45, 2.75) is 32.3 Å². The van der Waals surface area contributed by atoms with Gasteiger partial charge in [-0.3, -0.25) is 19.9 Å². The molecule has 1 aliphatic rings. The number of hydrogen-bond acceptors (Lipinski definition) is 6. The van der Waals surface area contributed by atoms with E-state index in [1.165, 1.54) is 31.2 Å². The Kier molecular flexibility index (Phi) is 5.14. The van der Waals surface area contributed by atoms with Gasteiger partial charge in [0, 0.05) is 28.9 Å². The fraction of sp³-hybridized carbons (Fsp3) is 0.227. The van der Waals surface area contributed by atoms with Crippen LogP contribution in [0.5, 0.6) is 0 Å². The monoisotopic (exact) mass is 405 g/mol. The van der Waals surface area contributed by atoms with Crippen LogP contribution in [0.25, 0.3) is 10.9 Å². The molecule has 1 heterocycles. The van der Waals surface area contributed by atoms with Gasteiger partial charge in [0.25, 0.3) is 11.6 Å². The molecular formula is C22H19N3O5. The molecule has 30 heavy (non-hydrogen) atoms. The van der Waals surface area contributed by atoms with Crippen LogP contribution in [-0.2, 0) is 22.4 Å². The van der Waals surface area contributed by atoms with Gasteiger partial charge in [-0.05, 0) is 43.9 Å². The second-order valence-corrected chi connectivity index (χ2v) is 7.13. The number of nitro groups is 1. The first kappa shape index (κ1) is 19.5. The molecule has 0 saturated carbocycles. The second-order valence-electron chi connectivity index (χ2n) is 7.13. The van der Waals surface area contributed by atoms with Crippen molar-refractivity contribution in [3.05, 3.63) is 75.5 Å². The van der Waals surface area contributed by atoms with Crippen molar-refractivity contribution in [3.8, 4) is 0 Å². The van der Waals surface area contributed by atoms with Crippen LogP contribution >= 0.6 is 0 Å². The Hall–Kier alpha value is -3.81. The lowest BCUT2D eigenvalue weighted by atomic mass is 10.0. The Labute approximate surface area is 172 Å². The maximum atomic E-state index is 13.0. The lowest BCUT2D eigenvalue weighted by Gasteiger charge is -2.16. The highest BCUT2D eigenvalue weighted by Crippen LogP contribution is 2.30. The van der Waals surface area contributed by atoms with Gasteiger partial charge in [0.05, 0.1) is 16.0 Å². The number of para-hydroxylation sites is 1. The largest absolute Gasteiger partial charge is 0.449 e. The number of fused-ring (bicyclic) bond motifs is 2. The topological polar surface area (TPSA) is 111 Å². The fourth-order valence-corrected chi connectivity index (χ4v) is 3.66. The predicted molar refractivity (Wildman–Crippen MR) is 110 cm³/mol. The van der Waals surface area contributed by atoms with E-state index < -0.39 is 22.9 Å². The Balaban J connectivity index is 1.55. The van der Waals surface area contributed by atoms with Crippen molar-refractivity contribution in [2.24, 2.45) is 0 Å². The average Bonchev–Trinajstić information content (AvgIpc) is 3.19. The number of carbonyl (C=O) groups is 2. The number of ether oxygens (including phenoxy) is 1. The normalized spacial score (nSPS) is 13.5. The number of amides is 1. The summed E-state index contributed by atoms with van der Waals surface area (Å²) >= 11 is 0. The molecule has 4 rings (SSSR count). The van der Waals surface area contributed by atoms with E-state index in [-0.39, 0.29) is 11.4 Å². The molecule has 152 valence electrons. The molecule has 1 amide bonds. The van der Waals surface area contributed by atoms with Crippen LogP contribution in [0.3, 0.4) is 0 Å². The average molecular weight is 405 g/mol. The highest BCUT2D eigenvalue weighted by molar-refractivity contribution is 6.06. The summed E-state index contributed by atoms with van der Waals surface area (Å²) in [6, 6.07) is 12.9. The number of aryl methyl sites for hydroxylation is 1. The quantitative estimate of drug-likeness (QED) is 0.392. The molecule has 0 unspecified atom stereocenters. The SMILES string of the molecule is C[C@H](OC(=O)c1c2c(nc3ccccc13)CCC2)C(=O)Nc1cccc([N+](=O)[O-])c1. The van der Waals surface area contributed by atoms with E-state index in [1.807, 2.05) is 24.3 Å². The first-order valence-electron chi connectivity index (χ1n) is 9.61. The summed E-state index contributed by atoms with van der Waals surface area (Å²) in [7, 11) is 0. The third-order valence-corrected chi connectivity index (χ3v) is 5.10. The van der Waals surface area contributed by atoms with Crippen molar-refractivity contribution >= 4 is 34.2 Å². The Morgan fingerprint density at radius 2 is 1.97 bits per heavy atom. The number of benzene rings is 2. The van der Waals surface area contributed by atoms with Crippen molar-refractivity contribution in [3.63, 3.8) is 0 Å². The minimum atomic E-state index is -1.08. The molecule has 3 aromatic rings. The van der Waals surface area contributed by atoms with E-state index in [2.05, 4.69) is 10.3 Å². The minimum absolute atomic E-state index is 0.142. The molecule has 8 nitrogen and oxygen atoms in total. The fourth-order valence-electron chi connectivity index (χ4n) is 3.66. The van der Waals surface area contributed by atoms with Gasteiger partial charge >= 0.3 is 5.97 Å². The number of pyridine rings is 1. The first-order chi connectivity index (χ1) is 14.4. The van der Waals surface area contributed by atoms with Crippen LogP contribution in [0, 0.1) is 10.1 Å².